The van der Waals surface area contributed by atoms with Gasteiger partial charge in [-0.2, -0.15) is 0 Å². The summed E-state index contributed by atoms with van der Waals surface area (Å²) in [6.45, 7) is 4.66. The topological polar surface area (TPSA) is 72.9 Å². The predicted octanol–water partition coefficient (Wildman–Crippen LogP) is 2.76. The van der Waals surface area contributed by atoms with E-state index in [2.05, 4.69) is 24.1 Å². The zero-order valence-electron chi connectivity index (χ0n) is 12.1. The number of nitrogens with one attached hydrogen (secondary N) is 1. The summed E-state index contributed by atoms with van der Waals surface area (Å²) < 4.78 is 15.0. The van der Waals surface area contributed by atoms with Gasteiger partial charge in [0, 0.05) is 37.0 Å². The van der Waals surface area contributed by atoms with Crippen molar-refractivity contribution in [2.24, 2.45) is 0 Å². The van der Waals surface area contributed by atoms with Crippen molar-refractivity contribution in [1.82, 2.24) is 9.55 Å². The summed E-state index contributed by atoms with van der Waals surface area (Å²) >= 11 is 0. The molecule has 0 atom stereocenters. The standard InChI is InChI=1S/C15H19FN4O/c1-10(2)15-18-6-8-20(15)7-5-14(21)19-11-3-4-12(16)13(17)9-11/h3-4,6,8-10H,5,7,17H2,1-2H3,(H,19,21). The number of imidazole rings is 1. The lowest BCUT2D eigenvalue weighted by Crippen LogP contribution is -2.15. The Kier molecular flexibility index (Phi) is 4.57. The van der Waals surface area contributed by atoms with Crippen LogP contribution in [0.15, 0.2) is 30.6 Å². The molecule has 0 aliphatic rings. The number of amides is 1. The van der Waals surface area contributed by atoms with Crippen LogP contribution in [0, 0.1) is 5.82 Å². The van der Waals surface area contributed by atoms with E-state index in [1.807, 2.05) is 10.8 Å². The molecule has 0 unspecified atom stereocenters. The van der Waals surface area contributed by atoms with E-state index in [0.29, 0.717) is 24.6 Å². The summed E-state index contributed by atoms with van der Waals surface area (Å²) in [4.78, 5) is 16.2. The van der Waals surface area contributed by atoms with Gasteiger partial charge in [-0.25, -0.2) is 9.37 Å². The first kappa shape index (κ1) is 15.0. The normalized spacial score (nSPS) is 10.9. The van der Waals surface area contributed by atoms with Gasteiger partial charge >= 0.3 is 0 Å². The quantitative estimate of drug-likeness (QED) is 0.832. The molecule has 1 amide bonds. The van der Waals surface area contributed by atoms with Gasteiger partial charge in [0.1, 0.15) is 11.6 Å². The van der Waals surface area contributed by atoms with Crippen LogP contribution in [0.4, 0.5) is 15.8 Å². The van der Waals surface area contributed by atoms with E-state index in [1.165, 1.54) is 18.2 Å². The first-order valence-corrected chi connectivity index (χ1v) is 6.83. The smallest absolute Gasteiger partial charge is 0.226 e. The van der Waals surface area contributed by atoms with Crippen LogP contribution >= 0.6 is 0 Å². The van der Waals surface area contributed by atoms with E-state index in [1.54, 1.807) is 6.20 Å². The number of carbonyl (C=O) groups is 1. The maximum absolute atomic E-state index is 13.0. The minimum atomic E-state index is -0.493. The fourth-order valence-electron chi connectivity index (χ4n) is 2.08. The Morgan fingerprint density at radius 2 is 2.24 bits per heavy atom. The molecule has 1 heterocycles. The lowest BCUT2D eigenvalue weighted by Gasteiger charge is -2.10. The summed E-state index contributed by atoms with van der Waals surface area (Å²) in [5.74, 6) is 0.617. The van der Waals surface area contributed by atoms with Gasteiger partial charge in [0.2, 0.25) is 5.91 Å². The number of carbonyl (C=O) groups excluding carboxylic acids is 1. The molecule has 1 aromatic heterocycles. The van der Waals surface area contributed by atoms with Gasteiger partial charge in [0.05, 0.1) is 5.69 Å². The van der Waals surface area contributed by atoms with Gasteiger partial charge in [0.25, 0.3) is 0 Å². The maximum Gasteiger partial charge on any atom is 0.226 e. The van der Waals surface area contributed by atoms with Crippen molar-refractivity contribution >= 4 is 17.3 Å². The summed E-state index contributed by atoms with van der Waals surface area (Å²) in [5, 5.41) is 2.70. The summed E-state index contributed by atoms with van der Waals surface area (Å²) in [7, 11) is 0. The monoisotopic (exact) mass is 290 g/mol. The first-order chi connectivity index (χ1) is 9.97. The Morgan fingerprint density at radius 1 is 1.48 bits per heavy atom. The van der Waals surface area contributed by atoms with Crippen LogP contribution < -0.4 is 11.1 Å². The number of aromatic nitrogens is 2. The van der Waals surface area contributed by atoms with Crippen molar-refractivity contribution < 1.29 is 9.18 Å². The number of nitrogens with two attached hydrogens (primary N) is 1. The van der Waals surface area contributed by atoms with Gasteiger partial charge in [-0.3, -0.25) is 4.79 Å². The van der Waals surface area contributed by atoms with Gasteiger partial charge < -0.3 is 15.6 Å². The number of benzene rings is 1. The van der Waals surface area contributed by atoms with Gasteiger partial charge in [-0.15, -0.1) is 0 Å². The number of anilines is 2. The highest BCUT2D eigenvalue weighted by Crippen LogP contribution is 2.17. The number of hydrogen-bond donors (Lipinski definition) is 2. The van der Waals surface area contributed by atoms with Crippen LogP contribution in [-0.4, -0.2) is 15.5 Å². The molecule has 2 rings (SSSR count). The Bertz CT molecular complexity index is 636. The third kappa shape index (κ3) is 3.81. The van der Waals surface area contributed by atoms with Crippen molar-refractivity contribution in [1.29, 1.82) is 0 Å². The lowest BCUT2D eigenvalue weighted by molar-refractivity contribution is -0.116. The SMILES string of the molecule is CC(C)c1nccn1CCC(=O)Nc1ccc(F)c(N)c1. The van der Waals surface area contributed by atoms with Crippen molar-refractivity contribution in [2.75, 3.05) is 11.1 Å². The fourth-order valence-corrected chi connectivity index (χ4v) is 2.08. The van der Waals surface area contributed by atoms with Crippen molar-refractivity contribution in [2.45, 2.75) is 32.7 Å². The number of halogens is 1. The predicted molar refractivity (Wildman–Crippen MR) is 80.4 cm³/mol. The Labute approximate surface area is 123 Å². The average Bonchev–Trinajstić information content (AvgIpc) is 2.89. The molecule has 5 nitrogen and oxygen atoms in total. The van der Waals surface area contributed by atoms with E-state index in [0.717, 1.165) is 5.82 Å². The van der Waals surface area contributed by atoms with E-state index in [9.17, 15) is 9.18 Å². The average molecular weight is 290 g/mol. The molecule has 0 aliphatic carbocycles. The van der Waals surface area contributed by atoms with Crippen molar-refractivity contribution in [3.05, 3.63) is 42.2 Å². The van der Waals surface area contributed by atoms with Crippen LogP contribution in [0.5, 0.6) is 0 Å². The lowest BCUT2D eigenvalue weighted by atomic mass is 10.2. The number of hydrogen-bond acceptors (Lipinski definition) is 3. The van der Waals surface area contributed by atoms with Crippen LogP contribution in [0.1, 0.15) is 32.0 Å². The molecule has 0 saturated heterocycles. The molecule has 0 fully saturated rings. The third-order valence-corrected chi connectivity index (χ3v) is 3.12. The molecule has 0 spiro atoms. The Hall–Kier alpha value is -2.37. The zero-order chi connectivity index (χ0) is 15.4. The van der Waals surface area contributed by atoms with Crippen LogP contribution in [0.2, 0.25) is 0 Å². The van der Waals surface area contributed by atoms with Crippen LogP contribution in [0.3, 0.4) is 0 Å². The Balaban J connectivity index is 1.93. The molecule has 6 heteroatoms. The van der Waals surface area contributed by atoms with Crippen LogP contribution in [0.25, 0.3) is 0 Å². The molecule has 0 bridgehead atoms. The first-order valence-electron chi connectivity index (χ1n) is 6.83. The molecular formula is C15H19FN4O. The summed E-state index contributed by atoms with van der Waals surface area (Å²) in [6.07, 6.45) is 3.90. The molecule has 0 aliphatic heterocycles. The summed E-state index contributed by atoms with van der Waals surface area (Å²) in [5.41, 5.74) is 5.97. The zero-order valence-corrected chi connectivity index (χ0v) is 12.1. The number of aryl methyl sites for hydroxylation is 1. The third-order valence-electron chi connectivity index (χ3n) is 3.12. The van der Waals surface area contributed by atoms with Gasteiger partial charge in [0.15, 0.2) is 0 Å². The number of nitrogens with zero attached hydrogens (tertiary/aromatic N) is 2. The molecule has 112 valence electrons. The van der Waals surface area contributed by atoms with Crippen molar-refractivity contribution in [3.8, 4) is 0 Å². The minimum absolute atomic E-state index is 0.0181. The minimum Gasteiger partial charge on any atom is -0.396 e. The second-order valence-corrected chi connectivity index (χ2v) is 5.17. The second-order valence-electron chi connectivity index (χ2n) is 5.17. The largest absolute Gasteiger partial charge is 0.396 e. The molecule has 3 N–H and O–H groups in total. The molecule has 1 aromatic carbocycles. The van der Waals surface area contributed by atoms with Crippen LogP contribution in [-0.2, 0) is 11.3 Å². The van der Waals surface area contributed by atoms with E-state index in [-0.39, 0.29) is 11.6 Å². The van der Waals surface area contributed by atoms with E-state index >= 15 is 0 Å². The molecule has 0 saturated carbocycles. The Morgan fingerprint density at radius 3 is 2.90 bits per heavy atom. The second kappa shape index (κ2) is 6.39. The van der Waals surface area contributed by atoms with Gasteiger partial charge in [-0.1, -0.05) is 13.8 Å². The highest BCUT2D eigenvalue weighted by Gasteiger charge is 2.09. The maximum atomic E-state index is 13.0. The molecular weight excluding hydrogens is 271 g/mol. The van der Waals surface area contributed by atoms with Crippen molar-refractivity contribution in [3.63, 3.8) is 0 Å². The molecule has 21 heavy (non-hydrogen) atoms. The highest BCUT2D eigenvalue weighted by molar-refractivity contribution is 5.91. The summed E-state index contributed by atoms with van der Waals surface area (Å²) in [6, 6.07) is 4.13. The fraction of sp³-hybridized carbons (Fsp3) is 0.333. The number of rotatable bonds is 5. The van der Waals surface area contributed by atoms with E-state index in [4.69, 9.17) is 5.73 Å². The van der Waals surface area contributed by atoms with E-state index < -0.39 is 5.82 Å². The highest BCUT2D eigenvalue weighted by atomic mass is 19.1. The van der Waals surface area contributed by atoms with Gasteiger partial charge in [-0.05, 0) is 18.2 Å². The molecule has 2 aromatic rings. The molecule has 0 radical (unpaired) electrons. The number of nitrogen functional groups attached to an aromatic ring is 1.